The fraction of sp³-hybridized carbons (Fsp3) is 0. The zero-order chi connectivity index (χ0) is 17.6. The molecule has 1 unspecified atom stereocenters. The molecule has 5 rings (SSSR count). The Balaban J connectivity index is 2.01. The van der Waals surface area contributed by atoms with E-state index in [-0.39, 0.29) is 0 Å². The van der Waals surface area contributed by atoms with Crippen LogP contribution in [0.5, 0.6) is 0 Å². The standard InChI is InChI=1S/C22H15N2OP/c25-26(21-13-5-6-14-23-21)20-12-4-3-10-18(20)16-8-1-2-9-17(16)19-11-7-15-24-22(19)26/h1-15H. The molecule has 0 saturated heterocycles. The Morgan fingerprint density at radius 1 is 0.577 bits per heavy atom. The van der Waals surface area contributed by atoms with Gasteiger partial charge in [0, 0.05) is 23.3 Å². The van der Waals surface area contributed by atoms with Crippen LogP contribution in [0.25, 0.3) is 22.3 Å². The molecule has 3 nitrogen and oxygen atoms in total. The zero-order valence-electron chi connectivity index (χ0n) is 13.9. The molecule has 0 saturated carbocycles. The van der Waals surface area contributed by atoms with Crippen molar-refractivity contribution in [3.63, 3.8) is 0 Å². The van der Waals surface area contributed by atoms with E-state index in [0.29, 0.717) is 10.9 Å². The molecule has 124 valence electrons. The maximum atomic E-state index is 14.6. The van der Waals surface area contributed by atoms with Crippen molar-refractivity contribution in [2.75, 3.05) is 0 Å². The molecular weight excluding hydrogens is 339 g/mol. The first-order valence-electron chi connectivity index (χ1n) is 8.47. The highest BCUT2D eigenvalue weighted by Gasteiger charge is 2.39. The SMILES string of the molecule is O=P1(c2ccccn2)c2ccccc2-c2ccccc2-c2cccnc21. The van der Waals surface area contributed by atoms with E-state index in [2.05, 4.69) is 22.1 Å². The van der Waals surface area contributed by atoms with E-state index in [4.69, 9.17) is 0 Å². The van der Waals surface area contributed by atoms with Gasteiger partial charge >= 0.3 is 0 Å². The van der Waals surface area contributed by atoms with Gasteiger partial charge in [0.05, 0.1) is 0 Å². The lowest BCUT2D eigenvalue weighted by Crippen LogP contribution is -2.29. The maximum Gasteiger partial charge on any atom is 0.207 e. The predicted octanol–water partition coefficient (Wildman–Crippen LogP) is 3.76. The van der Waals surface area contributed by atoms with Crippen LogP contribution in [0, 0.1) is 0 Å². The molecule has 4 aromatic rings. The van der Waals surface area contributed by atoms with Crippen LogP contribution in [0.1, 0.15) is 0 Å². The van der Waals surface area contributed by atoms with Gasteiger partial charge in [0.25, 0.3) is 0 Å². The lowest BCUT2D eigenvalue weighted by molar-refractivity contribution is 0.591. The van der Waals surface area contributed by atoms with Crippen LogP contribution < -0.4 is 16.2 Å². The van der Waals surface area contributed by atoms with Gasteiger partial charge in [0.1, 0.15) is 10.9 Å². The van der Waals surface area contributed by atoms with Crippen LogP contribution in [-0.4, -0.2) is 9.97 Å². The van der Waals surface area contributed by atoms with Crippen molar-refractivity contribution >= 4 is 23.3 Å². The molecule has 4 heteroatoms. The van der Waals surface area contributed by atoms with Crippen LogP contribution in [0.15, 0.2) is 91.3 Å². The third-order valence-corrected chi connectivity index (χ3v) is 7.74. The number of benzene rings is 2. The number of pyridine rings is 2. The van der Waals surface area contributed by atoms with Crippen molar-refractivity contribution in [3.05, 3.63) is 91.3 Å². The molecule has 3 heterocycles. The Hall–Kier alpha value is -3.03. The van der Waals surface area contributed by atoms with Crippen molar-refractivity contribution in [3.8, 4) is 22.3 Å². The summed E-state index contributed by atoms with van der Waals surface area (Å²) in [6.07, 6.45) is 3.41. The minimum absolute atomic E-state index is 0.570. The Morgan fingerprint density at radius 3 is 1.96 bits per heavy atom. The van der Waals surface area contributed by atoms with E-state index < -0.39 is 7.14 Å². The van der Waals surface area contributed by atoms with Crippen molar-refractivity contribution in [1.29, 1.82) is 0 Å². The Labute approximate surface area is 151 Å². The minimum atomic E-state index is -3.19. The summed E-state index contributed by atoms with van der Waals surface area (Å²) in [5.74, 6) is 0. The minimum Gasteiger partial charge on any atom is -0.305 e. The smallest absolute Gasteiger partial charge is 0.207 e. The fourth-order valence-electron chi connectivity index (χ4n) is 3.67. The summed E-state index contributed by atoms with van der Waals surface area (Å²) in [5, 5.41) is 0.795. The first-order chi connectivity index (χ1) is 12.8. The van der Waals surface area contributed by atoms with Crippen molar-refractivity contribution in [2.45, 2.75) is 0 Å². The van der Waals surface area contributed by atoms with Gasteiger partial charge < -0.3 is 4.57 Å². The van der Waals surface area contributed by atoms with E-state index >= 15 is 0 Å². The van der Waals surface area contributed by atoms with E-state index in [9.17, 15) is 4.57 Å². The van der Waals surface area contributed by atoms with E-state index in [1.54, 1.807) is 12.4 Å². The van der Waals surface area contributed by atoms with Gasteiger partial charge in [-0.2, -0.15) is 0 Å². The van der Waals surface area contributed by atoms with Gasteiger partial charge in [-0.3, -0.25) is 9.97 Å². The van der Waals surface area contributed by atoms with Gasteiger partial charge in [-0.25, -0.2) is 0 Å². The molecule has 26 heavy (non-hydrogen) atoms. The first-order valence-corrected chi connectivity index (χ1v) is 10.2. The fourth-order valence-corrected chi connectivity index (χ4v) is 6.48. The lowest BCUT2D eigenvalue weighted by atomic mass is 9.96. The van der Waals surface area contributed by atoms with Crippen LogP contribution in [0.3, 0.4) is 0 Å². The van der Waals surface area contributed by atoms with Gasteiger partial charge in [-0.1, -0.05) is 60.7 Å². The molecule has 1 aliphatic rings. The van der Waals surface area contributed by atoms with Crippen LogP contribution in [0.4, 0.5) is 0 Å². The van der Waals surface area contributed by atoms with E-state index in [0.717, 1.165) is 27.6 Å². The van der Waals surface area contributed by atoms with Gasteiger partial charge in [0.2, 0.25) is 7.14 Å². The van der Waals surface area contributed by atoms with E-state index in [1.165, 1.54) is 0 Å². The molecule has 0 aliphatic carbocycles. The molecule has 0 bridgehead atoms. The first kappa shape index (κ1) is 15.2. The normalized spacial score (nSPS) is 17.5. The molecule has 2 aromatic heterocycles. The summed E-state index contributed by atoms with van der Waals surface area (Å²) in [4.78, 5) is 9.08. The summed E-state index contributed by atoms with van der Waals surface area (Å²) in [6, 6.07) is 25.5. The highest BCUT2D eigenvalue weighted by atomic mass is 31.2. The van der Waals surface area contributed by atoms with Crippen molar-refractivity contribution in [2.24, 2.45) is 0 Å². The predicted molar refractivity (Wildman–Crippen MR) is 106 cm³/mol. The molecule has 1 atom stereocenters. The quantitative estimate of drug-likeness (QED) is 0.431. The number of fused-ring (bicyclic) bond motifs is 5. The largest absolute Gasteiger partial charge is 0.305 e. The second kappa shape index (κ2) is 5.76. The summed E-state index contributed by atoms with van der Waals surface area (Å²) in [6.45, 7) is 0. The maximum absolute atomic E-state index is 14.6. The van der Waals surface area contributed by atoms with Gasteiger partial charge in [0.15, 0.2) is 0 Å². The number of hydrogen-bond acceptors (Lipinski definition) is 3. The zero-order valence-corrected chi connectivity index (χ0v) is 14.8. The van der Waals surface area contributed by atoms with Gasteiger partial charge in [-0.15, -0.1) is 0 Å². The second-order valence-electron chi connectivity index (χ2n) is 6.23. The molecule has 0 radical (unpaired) electrons. The lowest BCUT2D eigenvalue weighted by Gasteiger charge is -2.19. The molecular formula is C22H15N2OP. The van der Waals surface area contributed by atoms with Crippen LogP contribution in [-0.2, 0) is 4.57 Å². The molecule has 0 spiro atoms. The second-order valence-corrected chi connectivity index (χ2v) is 8.82. The number of aromatic nitrogens is 2. The molecule has 0 N–H and O–H groups in total. The monoisotopic (exact) mass is 354 g/mol. The third kappa shape index (κ3) is 2.04. The Bertz CT molecular complexity index is 1100. The highest BCUT2D eigenvalue weighted by Crippen LogP contribution is 2.50. The third-order valence-electron chi connectivity index (χ3n) is 4.81. The van der Waals surface area contributed by atoms with E-state index in [1.807, 2.05) is 66.7 Å². The number of rotatable bonds is 1. The van der Waals surface area contributed by atoms with Crippen molar-refractivity contribution in [1.82, 2.24) is 9.97 Å². The molecule has 0 fully saturated rings. The van der Waals surface area contributed by atoms with Gasteiger partial charge in [-0.05, 0) is 34.9 Å². The summed E-state index contributed by atoms with van der Waals surface area (Å²) in [5.41, 5.74) is 5.20. The molecule has 1 aliphatic heterocycles. The highest BCUT2D eigenvalue weighted by molar-refractivity contribution is 7.85. The van der Waals surface area contributed by atoms with Crippen LogP contribution >= 0.6 is 7.14 Å². The molecule has 2 aromatic carbocycles. The Kier molecular flexibility index (Phi) is 3.37. The molecule has 0 amide bonds. The van der Waals surface area contributed by atoms with Crippen molar-refractivity contribution < 1.29 is 4.57 Å². The topological polar surface area (TPSA) is 42.9 Å². The Morgan fingerprint density at radius 2 is 1.19 bits per heavy atom. The number of nitrogens with zero attached hydrogens (tertiary/aromatic N) is 2. The average Bonchev–Trinajstić information content (AvgIpc) is 2.82. The average molecular weight is 354 g/mol. The summed E-state index contributed by atoms with van der Waals surface area (Å²) >= 11 is 0. The number of hydrogen-bond donors (Lipinski definition) is 0. The summed E-state index contributed by atoms with van der Waals surface area (Å²) in [7, 11) is -3.19. The van der Waals surface area contributed by atoms with Crippen LogP contribution in [0.2, 0.25) is 0 Å². The summed E-state index contributed by atoms with van der Waals surface area (Å²) < 4.78 is 14.6.